The van der Waals surface area contributed by atoms with Crippen LogP contribution in [-0.2, 0) is 16.1 Å². The number of aryl methyl sites for hydroxylation is 1. The number of hydrogen-bond donors (Lipinski definition) is 0. The molecule has 4 nitrogen and oxygen atoms in total. The predicted octanol–water partition coefficient (Wildman–Crippen LogP) is 1.60. The van der Waals surface area contributed by atoms with Gasteiger partial charge in [0.1, 0.15) is 0 Å². The van der Waals surface area contributed by atoms with Gasteiger partial charge in [0.25, 0.3) is 0 Å². The lowest BCUT2D eigenvalue weighted by atomic mass is 10.3. The van der Waals surface area contributed by atoms with E-state index >= 15 is 0 Å². The average molecular weight is 217 g/mol. The quantitative estimate of drug-likeness (QED) is 0.554. The largest absolute Gasteiger partial charge is 0.382 e. The predicted molar refractivity (Wildman–Crippen MR) is 53.3 cm³/mol. The van der Waals surface area contributed by atoms with E-state index in [2.05, 4.69) is 9.97 Å². The summed E-state index contributed by atoms with van der Waals surface area (Å²) in [7, 11) is 1.64. The highest BCUT2D eigenvalue weighted by Gasteiger charge is 2.01. The maximum absolute atomic E-state index is 5.62. The van der Waals surface area contributed by atoms with Gasteiger partial charge in [0.05, 0.1) is 19.8 Å². The Morgan fingerprint density at radius 1 is 1.43 bits per heavy atom. The second-order valence-corrected chi connectivity index (χ2v) is 3.13. The van der Waals surface area contributed by atoms with Gasteiger partial charge in [-0.2, -0.15) is 0 Å². The molecular weight excluding hydrogens is 204 g/mol. The van der Waals surface area contributed by atoms with Crippen LogP contribution in [0, 0.1) is 6.92 Å². The van der Waals surface area contributed by atoms with Crippen LogP contribution >= 0.6 is 11.6 Å². The van der Waals surface area contributed by atoms with Gasteiger partial charge in [0.2, 0.25) is 5.28 Å². The Morgan fingerprint density at radius 2 is 2.21 bits per heavy atom. The summed E-state index contributed by atoms with van der Waals surface area (Å²) in [6.07, 6.45) is 1.68. The zero-order valence-corrected chi connectivity index (χ0v) is 9.04. The highest BCUT2D eigenvalue weighted by molar-refractivity contribution is 6.28. The van der Waals surface area contributed by atoms with Crippen molar-refractivity contribution in [3.8, 4) is 0 Å². The molecule has 1 aromatic heterocycles. The van der Waals surface area contributed by atoms with E-state index in [-0.39, 0.29) is 5.28 Å². The van der Waals surface area contributed by atoms with Crippen molar-refractivity contribution >= 4 is 11.6 Å². The molecule has 0 aliphatic heterocycles. The standard InChI is InChI=1S/C9H13ClN2O2/c1-7-8(5-11-9(10)12-7)6-14-4-3-13-2/h5H,3-4,6H2,1-2H3. The summed E-state index contributed by atoms with van der Waals surface area (Å²) < 4.78 is 10.2. The van der Waals surface area contributed by atoms with Crippen molar-refractivity contribution in [1.29, 1.82) is 0 Å². The summed E-state index contributed by atoms with van der Waals surface area (Å²) >= 11 is 5.62. The fraction of sp³-hybridized carbons (Fsp3) is 0.556. The van der Waals surface area contributed by atoms with Crippen molar-refractivity contribution in [2.24, 2.45) is 0 Å². The van der Waals surface area contributed by atoms with Crippen LogP contribution in [-0.4, -0.2) is 30.3 Å². The van der Waals surface area contributed by atoms with Crippen LogP contribution in [0.3, 0.4) is 0 Å². The van der Waals surface area contributed by atoms with E-state index in [9.17, 15) is 0 Å². The zero-order valence-electron chi connectivity index (χ0n) is 8.29. The summed E-state index contributed by atoms with van der Waals surface area (Å²) in [6, 6.07) is 0. The van der Waals surface area contributed by atoms with Crippen molar-refractivity contribution in [2.45, 2.75) is 13.5 Å². The Bertz CT molecular complexity index is 294. The van der Waals surface area contributed by atoms with Crippen molar-refractivity contribution < 1.29 is 9.47 Å². The van der Waals surface area contributed by atoms with Gasteiger partial charge in [0, 0.05) is 24.6 Å². The fourth-order valence-electron chi connectivity index (χ4n) is 0.930. The topological polar surface area (TPSA) is 44.2 Å². The van der Waals surface area contributed by atoms with Crippen molar-refractivity contribution in [3.63, 3.8) is 0 Å². The molecule has 0 saturated heterocycles. The summed E-state index contributed by atoms with van der Waals surface area (Å²) in [5.41, 5.74) is 1.80. The van der Waals surface area contributed by atoms with E-state index in [0.717, 1.165) is 11.3 Å². The molecule has 0 aliphatic rings. The minimum Gasteiger partial charge on any atom is -0.382 e. The van der Waals surface area contributed by atoms with Gasteiger partial charge >= 0.3 is 0 Å². The molecular formula is C9H13ClN2O2. The van der Waals surface area contributed by atoms with E-state index in [0.29, 0.717) is 19.8 Å². The first-order valence-electron chi connectivity index (χ1n) is 4.28. The monoisotopic (exact) mass is 216 g/mol. The Morgan fingerprint density at radius 3 is 2.86 bits per heavy atom. The fourth-order valence-corrected chi connectivity index (χ4v) is 1.11. The molecule has 78 valence electrons. The van der Waals surface area contributed by atoms with Gasteiger partial charge in [-0.3, -0.25) is 0 Å². The summed E-state index contributed by atoms with van der Waals surface area (Å²) in [6.45, 7) is 3.53. The number of hydrogen-bond acceptors (Lipinski definition) is 4. The number of nitrogens with zero attached hydrogens (tertiary/aromatic N) is 2. The van der Waals surface area contributed by atoms with Gasteiger partial charge in [-0.15, -0.1) is 0 Å². The van der Waals surface area contributed by atoms with Crippen LogP contribution in [0.1, 0.15) is 11.3 Å². The number of rotatable bonds is 5. The SMILES string of the molecule is COCCOCc1cnc(Cl)nc1C. The third-order valence-electron chi connectivity index (χ3n) is 1.74. The minimum absolute atomic E-state index is 0.267. The summed E-state index contributed by atoms with van der Waals surface area (Å²) in [5, 5.41) is 0.267. The van der Waals surface area contributed by atoms with Crippen molar-refractivity contribution in [1.82, 2.24) is 9.97 Å². The molecule has 0 fully saturated rings. The molecule has 0 atom stereocenters. The highest BCUT2D eigenvalue weighted by atomic mass is 35.5. The first-order valence-corrected chi connectivity index (χ1v) is 4.66. The third-order valence-corrected chi connectivity index (χ3v) is 1.92. The van der Waals surface area contributed by atoms with Crippen LogP contribution in [0.5, 0.6) is 0 Å². The van der Waals surface area contributed by atoms with E-state index in [4.69, 9.17) is 21.1 Å². The molecule has 0 unspecified atom stereocenters. The molecule has 5 heteroatoms. The van der Waals surface area contributed by atoms with Crippen LogP contribution in [0.2, 0.25) is 5.28 Å². The van der Waals surface area contributed by atoms with E-state index in [1.165, 1.54) is 0 Å². The maximum Gasteiger partial charge on any atom is 0.222 e. The molecule has 0 spiro atoms. The number of halogens is 1. The smallest absolute Gasteiger partial charge is 0.222 e. The molecule has 0 amide bonds. The first kappa shape index (κ1) is 11.4. The first-order chi connectivity index (χ1) is 6.74. The highest BCUT2D eigenvalue weighted by Crippen LogP contribution is 2.08. The summed E-state index contributed by atoms with van der Waals surface area (Å²) in [5.74, 6) is 0. The number of methoxy groups -OCH3 is 1. The van der Waals surface area contributed by atoms with Crippen LogP contribution in [0.15, 0.2) is 6.20 Å². The number of aromatic nitrogens is 2. The van der Waals surface area contributed by atoms with E-state index < -0.39 is 0 Å². The molecule has 1 aromatic rings. The molecule has 0 radical (unpaired) electrons. The van der Waals surface area contributed by atoms with E-state index in [1.807, 2.05) is 6.92 Å². The Kier molecular flexibility index (Phi) is 4.79. The Hall–Kier alpha value is -0.710. The van der Waals surface area contributed by atoms with Crippen LogP contribution < -0.4 is 0 Å². The van der Waals surface area contributed by atoms with E-state index in [1.54, 1.807) is 13.3 Å². The second kappa shape index (κ2) is 5.90. The molecule has 0 aromatic carbocycles. The lowest BCUT2D eigenvalue weighted by Gasteiger charge is -2.05. The minimum atomic E-state index is 0.267. The molecule has 14 heavy (non-hydrogen) atoms. The van der Waals surface area contributed by atoms with Crippen LogP contribution in [0.25, 0.3) is 0 Å². The maximum atomic E-state index is 5.62. The molecule has 0 bridgehead atoms. The molecule has 1 rings (SSSR count). The van der Waals surface area contributed by atoms with Crippen molar-refractivity contribution in [2.75, 3.05) is 20.3 Å². The van der Waals surface area contributed by atoms with Gasteiger partial charge in [-0.25, -0.2) is 9.97 Å². The van der Waals surface area contributed by atoms with Gasteiger partial charge < -0.3 is 9.47 Å². The van der Waals surface area contributed by atoms with Crippen LogP contribution in [0.4, 0.5) is 0 Å². The van der Waals surface area contributed by atoms with Gasteiger partial charge in [-0.05, 0) is 18.5 Å². The molecule has 0 saturated carbocycles. The molecule has 0 N–H and O–H groups in total. The zero-order chi connectivity index (χ0) is 10.4. The molecule has 0 aliphatic carbocycles. The third kappa shape index (κ3) is 3.57. The second-order valence-electron chi connectivity index (χ2n) is 2.80. The van der Waals surface area contributed by atoms with Gasteiger partial charge in [0.15, 0.2) is 0 Å². The van der Waals surface area contributed by atoms with Crippen molar-refractivity contribution in [3.05, 3.63) is 22.7 Å². The molecule has 1 heterocycles. The number of ether oxygens (including phenoxy) is 2. The average Bonchev–Trinajstić information content (AvgIpc) is 2.15. The normalized spacial score (nSPS) is 10.5. The lowest BCUT2D eigenvalue weighted by Crippen LogP contribution is -2.04. The van der Waals surface area contributed by atoms with Gasteiger partial charge in [-0.1, -0.05) is 0 Å². The lowest BCUT2D eigenvalue weighted by molar-refractivity contribution is 0.0612. The Balaban J connectivity index is 2.42. The summed E-state index contributed by atoms with van der Waals surface area (Å²) in [4.78, 5) is 7.90. The Labute approximate surface area is 88.2 Å².